The van der Waals surface area contributed by atoms with E-state index in [0.717, 1.165) is 46.9 Å². The number of aromatic hydroxyl groups is 1. The molecule has 1 heterocycles. The molecule has 0 amide bonds. The van der Waals surface area contributed by atoms with Crippen molar-refractivity contribution in [1.29, 1.82) is 0 Å². The van der Waals surface area contributed by atoms with Crippen molar-refractivity contribution in [2.75, 3.05) is 0 Å². The summed E-state index contributed by atoms with van der Waals surface area (Å²) in [5.74, 6) is 0.259. The zero-order valence-electron chi connectivity index (χ0n) is 14.4. The van der Waals surface area contributed by atoms with Crippen LogP contribution in [0.25, 0.3) is 28.1 Å². The highest BCUT2D eigenvalue weighted by Crippen LogP contribution is 2.24. The molecule has 1 unspecified atom stereocenters. The summed E-state index contributed by atoms with van der Waals surface area (Å²) in [6, 6.07) is 15.5. The smallest absolute Gasteiger partial charge is 0.115 e. The first-order valence-corrected chi connectivity index (χ1v) is 8.65. The number of nitrogens with zero attached hydrogens (tertiary/aromatic N) is 1. The Morgan fingerprint density at radius 1 is 1.04 bits per heavy atom. The number of phenolic OH excluding ortho intramolecular Hbond substituents is 1. The Morgan fingerprint density at radius 3 is 2.60 bits per heavy atom. The van der Waals surface area contributed by atoms with E-state index in [-0.39, 0.29) is 11.9 Å². The van der Waals surface area contributed by atoms with Crippen LogP contribution in [0.15, 0.2) is 60.8 Å². The van der Waals surface area contributed by atoms with Gasteiger partial charge in [-0.15, -0.1) is 0 Å². The van der Waals surface area contributed by atoms with Crippen LogP contribution in [0.1, 0.15) is 31.7 Å². The maximum atomic E-state index is 9.40. The summed E-state index contributed by atoms with van der Waals surface area (Å²) in [7, 11) is 0. The lowest BCUT2D eigenvalue weighted by Gasteiger charge is -2.05. The SMILES string of the molecule is CC(O)CCC/C=C/c1ccc2cc(-c3ccc(O)cc3)ncc2c1. The van der Waals surface area contributed by atoms with Crippen molar-refractivity contribution in [3.05, 3.63) is 66.4 Å². The van der Waals surface area contributed by atoms with Gasteiger partial charge in [-0.3, -0.25) is 4.98 Å². The number of fused-ring (bicyclic) bond motifs is 1. The molecule has 0 saturated carbocycles. The lowest BCUT2D eigenvalue weighted by Crippen LogP contribution is -1.97. The molecule has 0 fully saturated rings. The minimum absolute atomic E-state index is 0.220. The molecule has 1 aromatic heterocycles. The van der Waals surface area contributed by atoms with Crippen LogP contribution in [0.4, 0.5) is 0 Å². The number of aromatic nitrogens is 1. The molecular weight excluding hydrogens is 310 g/mol. The number of benzene rings is 2. The number of aliphatic hydroxyl groups excluding tert-OH is 1. The van der Waals surface area contributed by atoms with Gasteiger partial charge in [0.25, 0.3) is 0 Å². The predicted molar refractivity (Wildman–Crippen MR) is 103 cm³/mol. The highest BCUT2D eigenvalue weighted by molar-refractivity contribution is 5.87. The third kappa shape index (κ3) is 4.68. The number of allylic oxidation sites excluding steroid dienone is 1. The van der Waals surface area contributed by atoms with Crippen molar-refractivity contribution in [3.8, 4) is 17.0 Å². The summed E-state index contributed by atoms with van der Waals surface area (Å²) < 4.78 is 0. The Balaban J connectivity index is 1.74. The number of pyridine rings is 1. The maximum Gasteiger partial charge on any atom is 0.115 e. The molecule has 0 spiro atoms. The van der Waals surface area contributed by atoms with Crippen molar-refractivity contribution < 1.29 is 10.2 Å². The van der Waals surface area contributed by atoms with Crippen LogP contribution in [0, 0.1) is 0 Å². The minimum Gasteiger partial charge on any atom is -0.508 e. The molecule has 3 rings (SSSR count). The number of aliphatic hydroxyl groups is 1. The largest absolute Gasteiger partial charge is 0.508 e. The number of rotatable bonds is 6. The third-order valence-electron chi connectivity index (χ3n) is 4.21. The number of hydrogen-bond donors (Lipinski definition) is 2. The van der Waals surface area contributed by atoms with Gasteiger partial charge < -0.3 is 10.2 Å². The van der Waals surface area contributed by atoms with E-state index in [4.69, 9.17) is 0 Å². The first-order chi connectivity index (χ1) is 12.1. The van der Waals surface area contributed by atoms with Gasteiger partial charge in [0.05, 0.1) is 11.8 Å². The van der Waals surface area contributed by atoms with Gasteiger partial charge in [0.2, 0.25) is 0 Å². The molecule has 3 heteroatoms. The summed E-state index contributed by atoms with van der Waals surface area (Å²) in [6.07, 6.45) is 8.76. The fourth-order valence-corrected chi connectivity index (χ4v) is 2.80. The first-order valence-electron chi connectivity index (χ1n) is 8.65. The molecule has 0 bridgehead atoms. The maximum absolute atomic E-state index is 9.40. The van der Waals surface area contributed by atoms with Crippen LogP contribution >= 0.6 is 0 Å². The van der Waals surface area contributed by atoms with Crippen molar-refractivity contribution in [2.24, 2.45) is 0 Å². The topological polar surface area (TPSA) is 53.4 Å². The Morgan fingerprint density at radius 2 is 1.84 bits per heavy atom. The zero-order chi connectivity index (χ0) is 17.6. The van der Waals surface area contributed by atoms with Gasteiger partial charge in [-0.2, -0.15) is 0 Å². The second-order valence-corrected chi connectivity index (χ2v) is 6.41. The summed E-state index contributed by atoms with van der Waals surface area (Å²) in [4.78, 5) is 4.54. The highest BCUT2D eigenvalue weighted by Gasteiger charge is 2.02. The standard InChI is InChI=1S/C22H23NO2/c1-16(24)5-3-2-4-6-17-7-8-19-14-22(23-15-20(19)13-17)18-9-11-21(25)12-10-18/h4,6-16,24-25H,2-3,5H2,1H3/b6-4+. The van der Waals surface area contributed by atoms with Gasteiger partial charge in [0, 0.05) is 17.1 Å². The van der Waals surface area contributed by atoms with Crippen molar-refractivity contribution in [1.82, 2.24) is 4.98 Å². The average Bonchev–Trinajstić information content (AvgIpc) is 2.61. The van der Waals surface area contributed by atoms with E-state index >= 15 is 0 Å². The van der Waals surface area contributed by atoms with E-state index in [1.165, 1.54) is 0 Å². The molecule has 0 aliphatic carbocycles. The summed E-state index contributed by atoms with van der Waals surface area (Å²) >= 11 is 0. The van der Waals surface area contributed by atoms with Crippen LogP contribution in [0.2, 0.25) is 0 Å². The third-order valence-corrected chi connectivity index (χ3v) is 4.21. The average molecular weight is 333 g/mol. The van der Waals surface area contributed by atoms with E-state index in [9.17, 15) is 10.2 Å². The normalized spacial score (nSPS) is 12.7. The number of unbranched alkanes of at least 4 members (excludes halogenated alkanes) is 1. The van der Waals surface area contributed by atoms with Crippen LogP contribution in [0.5, 0.6) is 5.75 Å². The molecule has 3 nitrogen and oxygen atoms in total. The molecule has 2 N–H and O–H groups in total. The molecule has 0 aliphatic heterocycles. The fraction of sp³-hybridized carbons (Fsp3) is 0.227. The second-order valence-electron chi connectivity index (χ2n) is 6.41. The van der Waals surface area contributed by atoms with Crippen LogP contribution in [-0.4, -0.2) is 21.3 Å². The molecule has 25 heavy (non-hydrogen) atoms. The van der Waals surface area contributed by atoms with E-state index < -0.39 is 0 Å². The monoisotopic (exact) mass is 333 g/mol. The summed E-state index contributed by atoms with van der Waals surface area (Å²) in [6.45, 7) is 1.83. The summed E-state index contributed by atoms with van der Waals surface area (Å²) in [5, 5.41) is 20.9. The van der Waals surface area contributed by atoms with Crippen molar-refractivity contribution >= 4 is 16.8 Å². The van der Waals surface area contributed by atoms with E-state index in [1.807, 2.05) is 25.3 Å². The Labute approximate surface area is 148 Å². The first kappa shape index (κ1) is 17.2. The van der Waals surface area contributed by atoms with Crippen molar-refractivity contribution in [2.45, 2.75) is 32.3 Å². The van der Waals surface area contributed by atoms with E-state index in [2.05, 4.69) is 41.4 Å². The number of hydrogen-bond acceptors (Lipinski definition) is 3. The molecule has 128 valence electrons. The van der Waals surface area contributed by atoms with Crippen LogP contribution in [0.3, 0.4) is 0 Å². The molecule has 0 saturated heterocycles. The predicted octanol–water partition coefficient (Wildman–Crippen LogP) is 5.17. The van der Waals surface area contributed by atoms with Crippen LogP contribution in [-0.2, 0) is 0 Å². The number of phenols is 1. The lowest BCUT2D eigenvalue weighted by atomic mass is 10.0. The van der Waals surface area contributed by atoms with Crippen molar-refractivity contribution in [3.63, 3.8) is 0 Å². The minimum atomic E-state index is -0.220. The van der Waals surface area contributed by atoms with E-state index in [1.54, 1.807) is 12.1 Å². The van der Waals surface area contributed by atoms with Gasteiger partial charge >= 0.3 is 0 Å². The molecule has 2 aromatic carbocycles. The molecule has 0 radical (unpaired) electrons. The Hall–Kier alpha value is -2.65. The van der Waals surface area contributed by atoms with Gasteiger partial charge in [-0.05, 0) is 73.5 Å². The molecular formula is C22H23NO2. The highest BCUT2D eigenvalue weighted by atomic mass is 16.3. The second kappa shape index (κ2) is 7.95. The van der Waals surface area contributed by atoms with Gasteiger partial charge in [0.15, 0.2) is 0 Å². The molecule has 1 atom stereocenters. The summed E-state index contributed by atoms with van der Waals surface area (Å²) in [5.41, 5.74) is 3.04. The lowest BCUT2D eigenvalue weighted by molar-refractivity contribution is 0.182. The van der Waals surface area contributed by atoms with Gasteiger partial charge in [-0.1, -0.05) is 24.3 Å². The van der Waals surface area contributed by atoms with Crippen LogP contribution < -0.4 is 0 Å². The van der Waals surface area contributed by atoms with Gasteiger partial charge in [-0.25, -0.2) is 0 Å². The zero-order valence-corrected chi connectivity index (χ0v) is 14.4. The quantitative estimate of drug-likeness (QED) is 0.612. The Bertz CT molecular complexity index is 867. The molecule has 3 aromatic rings. The fourth-order valence-electron chi connectivity index (χ4n) is 2.80. The molecule has 0 aliphatic rings. The van der Waals surface area contributed by atoms with E-state index in [0.29, 0.717) is 0 Å². The van der Waals surface area contributed by atoms with Gasteiger partial charge in [0.1, 0.15) is 5.75 Å². The Kier molecular flexibility index (Phi) is 5.46.